The Hall–Kier alpha value is -2.10. The Labute approximate surface area is 124 Å². The van der Waals surface area contributed by atoms with E-state index >= 15 is 0 Å². The van der Waals surface area contributed by atoms with Gasteiger partial charge in [-0.15, -0.1) is 0 Å². The van der Waals surface area contributed by atoms with Crippen LogP contribution in [0.15, 0.2) is 42.7 Å². The Kier molecular flexibility index (Phi) is 3.02. The van der Waals surface area contributed by atoms with Gasteiger partial charge in [0.15, 0.2) is 5.82 Å². The number of carbonyl (C=O) groups excluding carboxylic acids is 1. The van der Waals surface area contributed by atoms with Crippen molar-refractivity contribution >= 4 is 5.91 Å². The highest BCUT2D eigenvalue weighted by atomic mass is 16.2. The Morgan fingerprint density at radius 2 is 1.86 bits per heavy atom. The van der Waals surface area contributed by atoms with Crippen LogP contribution in [0.3, 0.4) is 0 Å². The van der Waals surface area contributed by atoms with Crippen LogP contribution in [0.2, 0.25) is 0 Å². The van der Waals surface area contributed by atoms with E-state index in [1.54, 1.807) is 6.20 Å². The van der Waals surface area contributed by atoms with E-state index in [0.29, 0.717) is 24.5 Å². The maximum atomic E-state index is 12.7. The fraction of sp³-hybridized carbons (Fsp3) is 0.412. The predicted octanol–water partition coefficient (Wildman–Crippen LogP) is 2.70. The van der Waals surface area contributed by atoms with Gasteiger partial charge in [0, 0.05) is 18.9 Å². The van der Waals surface area contributed by atoms with Crippen LogP contribution < -0.4 is 0 Å². The van der Waals surface area contributed by atoms with Crippen LogP contribution in [0, 0.1) is 0 Å². The average molecular weight is 281 g/mol. The molecule has 2 aromatic rings. The molecule has 1 aliphatic carbocycles. The zero-order valence-electron chi connectivity index (χ0n) is 12.0. The third-order valence-electron chi connectivity index (χ3n) is 4.66. The molecular formula is C17H19N3O. The molecule has 4 rings (SSSR count). The molecule has 4 nitrogen and oxygen atoms in total. The summed E-state index contributed by atoms with van der Waals surface area (Å²) in [4.78, 5) is 19.0. The van der Waals surface area contributed by atoms with Gasteiger partial charge in [0.1, 0.15) is 0 Å². The minimum Gasteiger partial charge on any atom is -0.326 e. The van der Waals surface area contributed by atoms with Crippen LogP contribution in [0.25, 0.3) is 0 Å². The Balaban J connectivity index is 1.54. The fourth-order valence-corrected chi connectivity index (χ4v) is 3.54. The van der Waals surface area contributed by atoms with E-state index in [1.807, 2.05) is 33.9 Å². The van der Waals surface area contributed by atoms with Gasteiger partial charge in [0.2, 0.25) is 0 Å². The van der Waals surface area contributed by atoms with Gasteiger partial charge in [-0.25, -0.2) is 4.98 Å². The first-order chi connectivity index (χ1) is 10.3. The number of likely N-dealkylation sites (tertiary alicyclic amines) is 1. The molecule has 1 aromatic carbocycles. The van der Waals surface area contributed by atoms with Gasteiger partial charge in [-0.1, -0.05) is 43.2 Å². The monoisotopic (exact) mass is 281 g/mol. The first-order valence-corrected chi connectivity index (χ1v) is 7.72. The largest absolute Gasteiger partial charge is 0.326 e. The molecule has 1 aliphatic heterocycles. The number of benzene rings is 1. The standard InChI is InChI=1S/C17H19N3O/c21-17(20-14-8-4-5-9-15(14)20)16-18-10-11-19(16)12-13-6-2-1-3-7-13/h1-3,6-7,10-11,14-15H,4-5,8-9,12H2. The quantitative estimate of drug-likeness (QED) is 0.811. The van der Waals surface area contributed by atoms with E-state index in [1.165, 1.54) is 18.4 Å². The fourth-order valence-electron chi connectivity index (χ4n) is 3.54. The second-order valence-electron chi connectivity index (χ2n) is 6.00. The molecule has 2 atom stereocenters. The second kappa shape index (κ2) is 5.02. The summed E-state index contributed by atoms with van der Waals surface area (Å²) in [6, 6.07) is 11.2. The number of carbonyl (C=O) groups is 1. The molecule has 1 amide bonds. The van der Waals surface area contributed by atoms with Crippen molar-refractivity contribution < 1.29 is 4.79 Å². The molecule has 0 radical (unpaired) electrons. The molecule has 21 heavy (non-hydrogen) atoms. The predicted molar refractivity (Wildman–Crippen MR) is 80.0 cm³/mol. The minimum absolute atomic E-state index is 0.104. The highest BCUT2D eigenvalue weighted by molar-refractivity contribution is 5.93. The van der Waals surface area contributed by atoms with Crippen LogP contribution in [0.1, 0.15) is 41.9 Å². The van der Waals surface area contributed by atoms with Crippen molar-refractivity contribution in [3.63, 3.8) is 0 Å². The lowest BCUT2D eigenvalue weighted by atomic mass is 10.0. The highest BCUT2D eigenvalue weighted by Gasteiger charge is 2.52. The van der Waals surface area contributed by atoms with E-state index < -0.39 is 0 Å². The highest BCUT2D eigenvalue weighted by Crippen LogP contribution is 2.41. The van der Waals surface area contributed by atoms with Crippen molar-refractivity contribution in [3.8, 4) is 0 Å². The van der Waals surface area contributed by atoms with Crippen molar-refractivity contribution in [2.75, 3.05) is 0 Å². The number of nitrogens with zero attached hydrogens (tertiary/aromatic N) is 3. The van der Waals surface area contributed by atoms with E-state index in [-0.39, 0.29) is 5.91 Å². The van der Waals surface area contributed by atoms with Crippen LogP contribution in [-0.2, 0) is 6.54 Å². The summed E-state index contributed by atoms with van der Waals surface area (Å²) >= 11 is 0. The minimum atomic E-state index is 0.104. The molecule has 2 heterocycles. The Bertz CT molecular complexity index is 637. The molecule has 0 spiro atoms. The molecule has 2 unspecified atom stereocenters. The molecule has 2 fully saturated rings. The van der Waals surface area contributed by atoms with Crippen LogP contribution in [0.4, 0.5) is 0 Å². The van der Waals surface area contributed by atoms with Gasteiger partial charge in [0.25, 0.3) is 5.91 Å². The zero-order chi connectivity index (χ0) is 14.2. The zero-order valence-corrected chi connectivity index (χ0v) is 12.0. The number of aromatic nitrogens is 2. The summed E-state index contributed by atoms with van der Waals surface area (Å²) in [7, 11) is 0. The molecule has 4 heteroatoms. The van der Waals surface area contributed by atoms with E-state index in [9.17, 15) is 4.79 Å². The first-order valence-electron chi connectivity index (χ1n) is 7.72. The SMILES string of the molecule is O=C(c1nccn1Cc1ccccc1)N1C2CCCCC21. The van der Waals surface area contributed by atoms with E-state index in [2.05, 4.69) is 17.1 Å². The van der Waals surface area contributed by atoms with Crippen LogP contribution in [-0.4, -0.2) is 32.4 Å². The van der Waals surface area contributed by atoms with Gasteiger partial charge in [-0.3, -0.25) is 4.79 Å². The van der Waals surface area contributed by atoms with Gasteiger partial charge in [0.05, 0.1) is 12.1 Å². The third kappa shape index (κ3) is 2.24. The summed E-state index contributed by atoms with van der Waals surface area (Å²) < 4.78 is 1.96. The number of rotatable bonds is 3. The smallest absolute Gasteiger partial charge is 0.290 e. The third-order valence-corrected chi connectivity index (χ3v) is 4.66. The van der Waals surface area contributed by atoms with Gasteiger partial charge >= 0.3 is 0 Å². The van der Waals surface area contributed by atoms with Crippen molar-refractivity contribution in [2.45, 2.75) is 44.3 Å². The lowest BCUT2D eigenvalue weighted by molar-refractivity contribution is 0.0849. The molecule has 0 bridgehead atoms. The Morgan fingerprint density at radius 1 is 1.14 bits per heavy atom. The molecule has 1 saturated carbocycles. The molecule has 1 saturated heterocycles. The van der Waals surface area contributed by atoms with Crippen LogP contribution in [0.5, 0.6) is 0 Å². The lowest BCUT2D eigenvalue weighted by Gasteiger charge is -2.08. The number of fused-ring (bicyclic) bond motifs is 1. The summed E-state index contributed by atoms with van der Waals surface area (Å²) in [6.45, 7) is 0.699. The molecule has 2 aliphatic rings. The van der Waals surface area contributed by atoms with Crippen molar-refractivity contribution in [2.24, 2.45) is 0 Å². The molecule has 0 N–H and O–H groups in total. The van der Waals surface area contributed by atoms with Crippen molar-refractivity contribution in [1.29, 1.82) is 0 Å². The summed E-state index contributed by atoms with van der Waals surface area (Å²) in [5, 5.41) is 0. The lowest BCUT2D eigenvalue weighted by Crippen LogP contribution is -2.20. The average Bonchev–Trinajstić information content (AvgIpc) is 3.08. The van der Waals surface area contributed by atoms with Gasteiger partial charge in [-0.05, 0) is 18.4 Å². The molecule has 108 valence electrons. The van der Waals surface area contributed by atoms with Crippen molar-refractivity contribution in [1.82, 2.24) is 14.5 Å². The maximum absolute atomic E-state index is 12.7. The first kappa shape index (κ1) is 12.6. The van der Waals surface area contributed by atoms with Gasteiger partial charge in [-0.2, -0.15) is 0 Å². The molecule has 1 aromatic heterocycles. The number of hydrogen-bond acceptors (Lipinski definition) is 2. The van der Waals surface area contributed by atoms with E-state index in [0.717, 1.165) is 12.8 Å². The van der Waals surface area contributed by atoms with E-state index in [4.69, 9.17) is 0 Å². The van der Waals surface area contributed by atoms with Crippen molar-refractivity contribution in [3.05, 3.63) is 54.1 Å². The summed E-state index contributed by atoms with van der Waals surface area (Å²) in [6.07, 6.45) is 8.45. The maximum Gasteiger partial charge on any atom is 0.290 e. The number of hydrogen-bond donors (Lipinski definition) is 0. The summed E-state index contributed by atoms with van der Waals surface area (Å²) in [5.41, 5.74) is 1.19. The number of imidazole rings is 1. The van der Waals surface area contributed by atoms with Crippen LogP contribution >= 0.6 is 0 Å². The van der Waals surface area contributed by atoms with Gasteiger partial charge < -0.3 is 9.47 Å². The summed E-state index contributed by atoms with van der Waals surface area (Å²) in [5.74, 6) is 0.682. The second-order valence-corrected chi connectivity index (χ2v) is 6.00. The molecular weight excluding hydrogens is 262 g/mol. The Morgan fingerprint density at radius 3 is 2.57 bits per heavy atom. The number of amides is 1. The topological polar surface area (TPSA) is 37.9 Å². The normalized spacial score (nSPS) is 23.7.